The monoisotopic (exact) mass is 661 g/mol. The highest BCUT2D eigenvalue weighted by atomic mass is 35.5. The average molecular weight is 663 g/mol. The van der Waals surface area contributed by atoms with Crippen molar-refractivity contribution in [3.05, 3.63) is 128 Å². The zero-order valence-corrected chi connectivity index (χ0v) is 25.9. The van der Waals surface area contributed by atoms with Crippen LogP contribution in [0.5, 0.6) is 0 Å². The van der Waals surface area contributed by atoms with Gasteiger partial charge in [-0.3, -0.25) is 14.5 Å². The third-order valence-corrected chi connectivity index (χ3v) is 9.22. The zero-order valence-electron chi connectivity index (χ0n) is 22.8. The largest absolute Gasteiger partial charge is 0.364 e. The molecule has 2 aliphatic rings. The van der Waals surface area contributed by atoms with Crippen molar-refractivity contribution in [3.63, 3.8) is 0 Å². The van der Waals surface area contributed by atoms with Crippen LogP contribution in [0.15, 0.2) is 84.2 Å². The van der Waals surface area contributed by atoms with Gasteiger partial charge in [0.05, 0.1) is 26.9 Å². The van der Waals surface area contributed by atoms with E-state index >= 15 is 8.78 Å². The molecule has 0 aliphatic carbocycles. The molecule has 2 unspecified atom stereocenters. The highest BCUT2D eigenvalue weighted by Crippen LogP contribution is 2.44. The molecule has 3 aromatic carbocycles. The van der Waals surface area contributed by atoms with Crippen LogP contribution in [0.25, 0.3) is 5.57 Å². The molecule has 3 aromatic rings. The average Bonchev–Trinajstić information content (AvgIpc) is 3.27. The molecular weight excluding hydrogens is 639 g/mol. The van der Waals surface area contributed by atoms with E-state index in [1.165, 1.54) is 23.2 Å². The Morgan fingerprint density at radius 3 is 2.33 bits per heavy atom. The summed E-state index contributed by atoms with van der Waals surface area (Å²) < 4.78 is 45.6. The molecule has 43 heavy (non-hydrogen) atoms. The molecule has 2 N–H and O–H groups in total. The second-order valence-electron chi connectivity index (χ2n) is 9.96. The van der Waals surface area contributed by atoms with Crippen molar-refractivity contribution in [2.45, 2.75) is 25.9 Å². The Hall–Kier alpha value is -3.50. The van der Waals surface area contributed by atoms with Crippen LogP contribution in [-0.4, -0.2) is 32.2 Å². The molecule has 12 heteroatoms. The van der Waals surface area contributed by atoms with Gasteiger partial charge in [0.1, 0.15) is 22.5 Å². The van der Waals surface area contributed by atoms with Gasteiger partial charge in [-0.25, -0.2) is 13.0 Å². The Labute approximate surface area is 264 Å². The first-order chi connectivity index (χ1) is 20.5. The van der Waals surface area contributed by atoms with Crippen LogP contribution in [0, 0.1) is 11.6 Å². The first-order valence-corrected chi connectivity index (χ1v) is 15.5. The van der Waals surface area contributed by atoms with Crippen molar-refractivity contribution in [1.82, 2.24) is 10.2 Å². The maximum Gasteiger partial charge on any atom is 0.263 e. The normalized spacial score (nSPS) is 18.2. The van der Waals surface area contributed by atoms with E-state index in [2.05, 4.69) is 10.0 Å². The summed E-state index contributed by atoms with van der Waals surface area (Å²) in [5.74, 6) is -3.75. The first-order valence-electron chi connectivity index (χ1n) is 13.1. The third kappa shape index (κ3) is 5.74. The number of anilines is 1. The fourth-order valence-corrected chi connectivity index (χ4v) is 6.47. The molecule has 0 saturated carbocycles. The Balaban J connectivity index is 1.65. The topological polar surface area (TPSA) is 78.5 Å². The zero-order chi connectivity index (χ0) is 31.1. The molecule has 6 nitrogen and oxygen atoms in total. The number of amides is 1. The number of nitrogens with zero attached hydrogens (tertiary/aromatic N) is 1. The number of ketones is 1. The van der Waals surface area contributed by atoms with E-state index in [0.717, 1.165) is 17.7 Å². The van der Waals surface area contributed by atoms with Crippen LogP contribution in [0.2, 0.25) is 15.1 Å². The van der Waals surface area contributed by atoms with Crippen LogP contribution in [0.4, 0.5) is 14.5 Å². The standard InChI is InChI=1S/C31H24Cl3F2N3O3S/c1-3-13-43(42)38-25-12-11-24(35)27(28(25)36)29(40)20-16-39(30(41)26-22(33)5-4-6-23(26)34)31(2)21(20)14-18(15-37-31)17-7-9-19(32)10-8-17/h4-12,14-16,37-38H,3,13H2,1-2H3. The SMILES string of the molecule is CCCS(=O)Nc1ccc(F)c(C(=O)C2=CN(C(=O)c3c(Cl)cccc3Cl)C3(C)NC=C(c4ccc(Cl)cc4)C=C23)c1F. The summed E-state index contributed by atoms with van der Waals surface area (Å²) in [6, 6.07) is 13.5. The molecular formula is C31H24Cl3F2N3O3S. The summed E-state index contributed by atoms with van der Waals surface area (Å²) in [4.78, 5) is 29.2. The second-order valence-corrected chi connectivity index (χ2v) is 12.5. The Morgan fingerprint density at radius 2 is 1.67 bits per heavy atom. The maximum atomic E-state index is 15.7. The van der Waals surface area contributed by atoms with E-state index in [4.69, 9.17) is 34.8 Å². The molecule has 0 spiro atoms. The second kappa shape index (κ2) is 12.2. The number of nitrogens with one attached hydrogen (secondary N) is 2. The van der Waals surface area contributed by atoms with E-state index in [-0.39, 0.29) is 38.2 Å². The number of rotatable bonds is 8. The lowest BCUT2D eigenvalue weighted by molar-refractivity contribution is 0.0699. The molecule has 5 rings (SSSR count). The molecule has 2 heterocycles. The summed E-state index contributed by atoms with van der Waals surface area (Å²) in [7, 11) is -1.64. The Kier molecular flexibility index (Phi) is 8.81. The molecule has 0 saturated heterocycles. The van der Waals surface area contributed by atoms with Crippen molar-refractivity contribution in [1.29, 1.82) is 0 Å². The lowest BCUT2D eigenvalue weighted by Crippen LogP contribution is -2.54. The lowest BCUT2D eigenvalue weighted by atomic mass is 9.87. The van der Waals surface area contributed by atoms with Gasteiger partial charge in [0.2, 0.25) is 5.78 Å². The van der Waals surface area contributed by atoms with Crippen LogP contribution in [-0.2, 0) is 11.0 Å². The molecule has 0 radical (unpaired) electrons. The van der Waals surface area contributed by atoms with Gasteiger partial charge in [-0.2, -0.15) is 0 Å². The fraction of sp³-hybridized carbons (Fsp3) is 0.161. The summed E-state index contributed by atoms with van der Waals surface area (Å²) in [5, 5.41) is 3.89. The molecule has 0 aromatic heterocycles. The number of Topliss-reactive ketones (excluding diaryl/α,β-unsaturated/α-hetero) is 1. The molecule has 1 amide bonds. The molecule has 2 atom stereocenters. The Bertz CT molecular complexity index is 1760. The van der Waals surface area contributed by atoms with Crippen molar-refractivity contribution in [2.75, 3.05) is 10.5 Å². The van der Waals surface area contributed by atoms with Gasteiger partial charge < -0.3 is 10.0 Å². The van der Waals surface area contributed by atoms with Gasteiger partial charge >= 0.3 is 0 Å². The van der Waals surface area contributed by atoms with Crippen molar-refractivity contribution in [3.8, 4) is 0 Å². The van der Waals surface area contributed by atoms with Crippen molar-refractivity contribution >= 4 is 68.7 Å². The van der Waals surface area contributed by atoms with Crippen LogP contribution >= 0.6 is 34.8 Å². The molecule has 0 bridgehead atoms. The predicted molar refractivity (Wildman–Crippen MR) is 167 cm³/mol. The summed E-state index contributed by atoms with van der Waals surface area (Å²) in [6.45, 7) is 3.45. The number of carbonyl (C=O) groups excluding carboxylic acids is 2. The van der Waals surface area contributed by atoms with Gasteiger partial charge in [-0.1, -0.05) is 59.9 Å². The molecule has 222 valence electrons. The molecule has 2 aliphatic heterocycles. The predicted octanol–water partition coefficient (Wildman–Crippen LogP) is 7.92. The van der Waals surface area contributed by atoms with E-state index in [1.54, 1.807) is 56.5 Å². The van der Waals surface area contributed by atoms with Gasteiger partial charge in [-0.15, -0.1) is 0 Å². The quantitative estimate of drug-likeness (QED) is 0.240. The van der Waals surface area contributed by atoms with Crippen molar-refractivity contribution < 1.29 is 22.6 Å². The minimum absolute atomic E-state index is 0.00685. The van der Waals surface area contributed by atoms with Crippen LogP contribution in [0.3, 0.4) is 0 Å². The number of dihydropyridines is 1. The third-order valence-electron chi connectivity index (χ3n) is 7.11. The number of hydrogen-bond donors (Lipinski definition) is 2. The summed E-state index contributed by atoms with van der Waals surface area (Å²) >= 11 is 18.8. The number of hydrogen-bond acceptors (Lipinski definition) is 4. The van der Waals surface area contributed by atoms with E-state index in [9.17, 15) is 13.8 Å². The van der Waals surface area contributed by atoms with Gasteiger partial charge in [0, 0.05) is 34.3 Å². The fourth-order valence-electron chi connectivity index (χ4n) is 4.91. The smallest absolute Gasteiger partial charge is 0.263 e. The number of benzene rings is 3. The minimum Gasteiger partial charge on any atom is -0.364 e. The minimum atomic E-state index is -1.64. The number of carbonyl (C=O) groups is 2. The number of allylic oxidation sites excluding steroid dienone is 2. The lowest BCUT2D eigenvalue weighted by Gasteiger charge is -2.39. The maximum absolute atomic E-state index is 15.7. The first kappa shape index (κ1) is 30.9. The summed E-state index contributed by atoms with van der Waals surface area (Å²) in [6.07, 6.45) is 5.12. The molecule has 0 fully saturated rings. The van der Waals surface area contributed by atoms with E-state index < -0.39 is 45.5 Å². The van der Waals surface area contributed by atoms with Gasteiger partial charge in [0.25, 0.3) is 5.91 Å². The summed E-state index contributed by atoms with van der Waals surface area (Å²) in [5.41, 5.74) is -1.03. The van der Waals surface area contributed by atoms with E-state index in [1.807, 2.05) is 0 Å². The number of halogens is 5. The van der Waals surface area contributed by atoms with Crippen LogP contribution < -0.4 is 10.0 Å². The van der Waals surface area contributed by atoms with Crippen molar-refractivity contribution in [2.24, 2.45) is 0 Å². The number of fused-ring (bicyclic) bond motifs is 1. The highest BCUT2D eigenvalue weighted by Gasteiger charge is 2.48. The van der Waals surface area contributed by atoms with Gasteiger partial charge in [0.15, 0.2) is 5.82 Å². The Morgan fingerprint density at radius 1 is 1.00 bits per heavy atom. The van der Waals surface area contributed by atoms with E-state index in [0.29, 0.717) is 17.0 Å². The van der Waals surface area contributed by atoms with Gasteiger partial charge in [-0.05, 0) is 67.0 Å². The van der Waals surface area contributed by atoms with Crippen LogP contribution in [0.1, 0.15) is 46.5 Å². The highest BCUT2D eigenvalue weighted by molar-refractivity contribution is 7.86.